The van der Waals surface area contributed by atoms with E-state index in [0.29, 0.717) is 10.8 Å². The SMILES string of the molecule is CC(=O)c1cnc(-c2ccc(C(C)C)cc2)s1. The van der Waals surface area contributed by atoms with Gasteiger partial charge in [0.05, 0.1) is 4.88 Å². The minimum absolute atomic E-state index is 0.0764. The quantitative estimate of drug-likeness (QED) is 0.761. The summed E-state index contributed by atoms with van der Waals surface area (Å²) in [6.45, 7) is 5.91. The average Bonchev–Trinajstić information content (AvgIpc) is 2.78. The van der Waals surface area contributed by atoms with E-state index < -0.39 is 0 Å². The molecule has 0 radical (unpaired) electrons. The molecule has 0 amide bonds. The molecular weight excluding hydrogens is 230 g/mol. The molecule has 0 N–H and O–H groups in total. The molecule has 1 heterocycles. The average molecular weight is 245 g/mol. The van der Waals surface area contributed by atoms with Crippen LogP contribution in [0.1, 0.15) is 41.9 Å². The van der Waals surface area contributed by atoms with Gasteiger partial charge in [0, 0.05) is 18.7 Å². The van der Waals surface area contributed by atoms with E-state index in [-0.39, 0.29) is 5.78 Å². The van der Waals surface area contributed by atoms with E-state index in [1.54, 1.807) is 13.1 Å². The van der Waals surface area contributed by atoms with Gasteiger partial charge in [0.25, 0.3) is 0 Å². The van der Waals surface area contributed by atoms with E-state index in [9.17, 15) is 4.79 Å². The van der Waals surface area contributed by atoms with Crippen molar-refractivity contribution in [2.45, 2.75) is 26.7 Å². The smallest absolute Gasteiger partial charge is 0.171 e. The molecule has 17 heavy (non-hydrogen) atoms. The van der Waals surface area contributed by atoms with Gasteiger partial charge in [-0.3, -0.25) is 4.79 Å². The molecule has 0 saturated heterocycles. The van der Waals surface area contributed by atoms with Crippen LogP contribution in [0.3, 0.4) is 0 Å². The van der Waals surface area contributed by atoms with Gasteiger partial charge in [-0.15, -0.1) is 11.3 Å². The maximum atomic E-state index is 11.2. The van der Waals surface area contributed by atoms with Crippen LogP contribution in [-0.2, 0) is 0 Å². The first kappa shape index (κ1) is 12.0. The number of nitrogens with zero attached hydrogens (tertiary/aromatic N) is 1. The standard InChI is InChI=1S/C14H15NOS/c1-9(2)11-4-6-12(7-5-11)14-15-8-13(17-14)10(3)16/h4-9H,1-3H3. The van der Waals surface area contributed by atoms with Crippen molar-refractivity contribution in [2.24, 2.45) is 0 Å². The van der Waals surface area contributed by atoms with E-state index >= 15 is 0 Å². The lowest BCUT2D eigenvalue weighted by atomic mass is 10.0. The summed E-state index contributed by atoms with van der Waals surface area (Å²) in [6, 6.07) is 8.37. The molecule has 88 valence electrons. The second kappa shape index (κ2) is 4.80. The monoisotopic (exact) mass is 245 g/mol. The molecule has 0 unspecified atom stereocenters. The summed E-state index contributed by atoms with van der Waals surface area (Å²) in [5.74, 6) is 0.612. The largest absolute Gasteiger partial charge is 0.294 e. The van der Waals surface area contributed by atoms with Gasteiger partial charge in [0.15, 0.2) is 5.78 Å². The fourth-order valence-electron chi connectivity index (χ4n) is 1.58. The fraction of sp³-hybridized carbons (Fsp3) is 0.286. The zero-order valence-corrected chi connectivity index (χ0v) is 11.0. The Morgan fingerprint density at radius 3 is 2.35 bits per heavy atom. The molecule has 0 aliphatic carbocycles. The summed E-state index contributed by atoms with van der Waals surface area (Å²) in [6.07, 6.45) is 1.65. The van der Waals surface area contributed by atoms with Crippen LogP contribution in [-0.4, -0.2) is 10.8 Å². The topological polar surface area (TPSA) is 30.0 Å². The van der Waals surface area contributed by atoms with Crippen molar-refractivity contribution in [3.8, 4) is 10.6 Å². The van der Waals surface area contributed by atoms with Crippen molar-refractivity contribution < 1.29 is 4.79 Å². The number of thiazole rings is 1. The lowest BCUT2D eigenvalue weighted by Gasteiger charge is -2.05. The van der Waals surface area contributed by atoms with Crippen molar-refractivity contribution in [3.63, 3.8) is 0 Å². The van der Waals surface area contributed by atoms with Gasteiger partial charge in [-0.1, -0.05) is 38.1 Å². The predicted octanol–water partition coefficient (Wildman–Crippen LogP) is 4.14. The van der Waals surface area contributed by atoms with Crippen LogP contribution in [0.4, 0.5) is 0 Å². The van der Waals surface area contributed by atoms with Gasteiger partial charge >= 0.3 is 0 Å². The van der Waals surface area contributed by atoms with Crippen LogP contribution in [0.5, 0.6) is 0 Å². The Bertz CT molecular complexity index is 525. The normalized spacial score (nSPS) is 10.8. The Morgan fingerprint density at radius 2 is 1.88 bits per heavy atom. The van der Waals surface area contributed by atoms with Gasteiger partial charge < -0.3 is 0 Å². The minimum atomic E-state index is 0.0764. The number of ketones is 1. The Hall–Kier alpha value is -1.48. The molecule has 2 rings (SSSR count). The Labute approximate surface area is 105 Å². The molecule has 2 nitrogen and oxygen atoms in total. The van der Waals surface area contributed by atoms with Crippen molar-refractivity contribution in [1.82, 2.24) is 4.98 Å². The van der Waals surface area contributed by atoms with Crippen LogP contribution in [0.25, 0.3) is 10.6 Å². The van der Waals surface area contributed by atoms with Gasteiger partial charge in [0.1, 0.15) is 5.01 Å². The number of aromatic nitrogens is 1. The van der Waals surface area contributed by atoms with Crippen molar-refractivity contribution in [1.29, 1.82) is 0 Å². The zero-order valence-electron chi connectivity index (χ0n) is 10.2. The zero-order chi connectivity index (χ0) is 12.4. The summed E-state index contributed by atoms with van der Waals surface area (Å²) in [7, 11) is 0. The van der Waals surface area contributed by atoms with E-state index in [0.717, 1.165) is 10.6 Å². The fourth-order valence-corrected chi connectivity index (χ4v) is 2.40. The predicted molar refractivity (Wildman–Crippen MR) is 71.6 cm³/mol. The van der Waals surface area contributed by atoms with Gasteiger partial charge in [-0.25, -0.2) is 4.98 Å². The summed E-state index contributed by atoms with van der Waals surface area (Å²) >= 11 is 1.45. The number of carbonyl (C=O) groups excluding carboxylic acids is 1. The van der Waals surface area contributed by atoms with Gasteiger partial charge in [0.2, 0.25) is 0 Å². The third kappa shape index (κ3) is 2.61. The molecule has 3 heteroatoms. The van der Waals surface area contributed by atoms with Crippen LogP contribution < -0.4 is 0 Å². The van der Waals surface area contributed by atoms with Gasteiger partial charge in [-0.2, -0.15) is 0 Å². The first-order valence-electron chi connectivity index (χ1n) is 5.65. The highest BCUT2D eigenvalue weighted by molar-refractivity contribution is 7.16. The highest BCUT2D eigenvalue weighted by Gasteiger charge is 2.08. The Morgan fingerprint density at radius 1 is 1.24 bits per heavy atom. The second-order valence-electron chi connectivity index (χ2n) is 4.36. The lowest BCUT2D eigenvalue weighted by molar-refractivity contribution is 0.102. The number of hydrogen-bond donors (Lipinski definition) is 0. The molecular formula is C14H15NOS. The molecule has 0 saturated carbocycles. The molecule has 0 bridgehead atoms. The van der Waals surface area contributed by atoms with Crippen LogP contribution in [0.15, 0.2) is 30.5 Å². The number of Topliss-reactive ketones (excluding diaryl/α,β-unsaturated/α-hetero) is 1. The maximum absolute atomic E-state index is 11.2. The van der Waals surface area contributed by atoms with Gasteiger partial charge in [-0.05, 0) is 11.5 Å². The molecule has 1 aromatic carbocycles. The molecule has 0 aliphatic rings. The molecule has 0 aliphatic heterocycles. The third-order valence-electron chi connectivity index (χ3n) is 2.68. The van der Waals surface area contributed by atoms with Crippen LogP contribution in [0, 0.1) is 0 Å². The second-order valence-corrected chi connectivity index (χ2v) is 5.39. The number of hydrogen-bond acceptors (Lipinski definition) is 3. The maximum Gasteiger partial charge on any atom is 0.171 e. The van der Waals surface area contributed by atoms with E-state index in [4.69, 9.17) is 0 Å². The highest BCUT2D eigenvalue weighted by Crippen LogP contribution is 2.26. The van der Waals surface area contributed by atoms with E-state index in [1.165, 1.54) is 16.9 Å². The van der Waals surface area contributed by atoms with Crippen molar-refractivity contribution in [3.05, 3.63) is 40.9 Å². The van der Waals surface area contributed by atoms with E-state index in [2.05, 4.69) is 43.1 Å². The molecule has 0 atom stereocenters. The number of carbonyl (C=O) groups is 1. The van der Waals surface area contributed by atoms with Crippen molar-refractivity contribution >= 4 is 17.1 Å². The minimum Gasteiger partial charge on any atom is -0.294 e. The van der Waals surface area contributed by atoms with Crippen LogP contribution in [0.2, 0.25) is 0 Å². The highest BCUT2D eigenvalue weighted by atomic mass is 32.1. The third-order valence-corrected chi connectivity index (χ3v) is 3.82. The summed E-state index contributed by atoms with van der Waals surface area (Å²) < 4.78 is 0. The Kier molecular flexibility index (Phi) is 3.38. The Balaban J connectivity index is 2.30. The summed E-state index contributed by atoms with van der Waals surface area (Å²) in [4.78, 5) is 16.2. The number of rotatable bonds is 3. The lowest BCUT2D eigenvalue weighted by Crippen LogP contribution is -1.86. The molecule has 0 spiro atoms. The van der Waals surface area contributed by atoms with Crippen LogP contribution >= 0.6 is 11.3 Å². The summed E-state index contributed by atoms with van der Waals surface area (Å²) in [5, 5.41) is 0.908. The first-order chi connectivity index (χ1) is 8.08. The number of benzene rings is 1. The molecule has 2 aromatic rings. The molecule has 0 fully saturated rings. The summed E-state index contributed by atoms with van der Waals surface area (Å²) in [5.41, 5.74) is 2.39. The van der Waals surface area contributed by atoms with Crippen molar-refractivity contribution in [2.75, 3.05) is 0 Å². The van der Waals surface area contributed by atoms with E-state index in [1.807, 2.05) is 0 Å². The molecule has 1 aromatic heterocycles. The first-order valence-corrected chi connectivity index (χ1v) is 6.46.